The van der Waals surface area contributed by atoms with E-state index in [4.69, 9.17) is 9.79 Å². The van der Waals surface area contributed by atoms with Gasteiger partial charge in [0.2, 0.25) is 0 Å². The zero-order chi connectivity index (χ0) is 8.20. The monoisotopic (exact) mass is 162 g/mol. The molecule has 58 valence electrons. The van der Waals surface area contributed by atoms with Crippen LogP contribution in [0, 0.1) is 11.8 Å². The lowest BCUT2D eigenvalue weighted by molar-refractivity contribution is 0.368. The molecule has 0 fully saturated rings. The van der Waals surface area contributed by atoms with E-state index < -0.39 is 13.3 Å². The van der Waals surface area contributed by atoms with Gasteiger partial charge < -0.3 is 9.79 Å². The minimum absolute atomic E-state index is 0.629. The van der Waals surface area contributed by atoms with Gasteiger partial charge in [-0.15, -0.1) is 5.92 Å². The van der Waals surface area contributed by atoms with Crippen LogP contribution >= 0.6 is 7.60 Å². The summed E-state index contributed by atoms with van der Waals surface area (Å²) in [6.07, 6.45) is 0.629. The first kappa shape index (κ1) is 9.71. The molecule has 0 bridgehead atoms. The van der Waals surface area contributed by atoms with E-state index in [-0.39, 0.29) is 0 Å². The smallest absolute Gasteiger partial charge is 0.324 e. The van der Waals surface area contributed by atoms with E-state index in [0.29, 0.717) is 6.42 Å². The highest BCUT2D eigenvalue weighted by atomic mass is 31.2. The highest BCUT2D eigenvalue weighted by molar-refractivity contribution is 7.52. The Labute approximate surface area is 60.6 Å². The van der Waals surface area contributed by atoms with Crippen LogP contribution in [0.15, 0.2) is 0 Å². The van der Waals surface area contributed by atoms with Crippen molar-refractivity contribution in [3.05, 3.63) is 0 Å². The second kappa shape index (κ2) is 3.78. The maximum atomic E-state index is 10.4. The van der Waals surface area contributed by atoms with Gasteiger partial charge in [0.05, 0.1) is 0 Å². The molecule has 0 aliphatic rings. The van der Waals surface area contributed by atoms with Gasteiger partial charge in [-0.1, -0.05) is 12.8 Å². The van der Waals surface area contributed by atoms with Gasteiger partial charge in [0, 0.05) is 6.42 Å². The molecular formula is C6H11O3P. The largest absolute Gasteiger partial charge is 0.340 e. The van der Waals surface area contributed by atoms with E-state index in [1.807, 2.05) is 6.92 Å². The molecule has 0 aromatic rings. The minimum atomic E-state index is -3.96. The molecule has 0 aliphatic carbocycles. The zero-order valence-electron chi connectivity index (χ0n) is 6.03. The third-order valence-corrected chi connectivity index (χ3v) is 2.13. The molecule has 3 nitrogen and oxygen atoms in total. The van der Waals surface area contributed by atoms with Crippen LogP contribution in [0.2, 0.25) is 0 Å². The average molecular weight is 162 g/mol. The molecule has 0 saturated carbocycles. The van der Waals surface area contributed by atoms with Gasteiger partial charge in [-0.3, -0.25) is 4.57 Å². The highest BCUT2D eigenvalue weighted by Gasteiger charge is 2.20. The van der Waals surface area contributed by atoms with Crippen LogP contribution in [0.3, 0.4) is 0 Å². The van der Waals surface area contributed by atoms with E-state index in [2.05, 4.69) is 11.8 Å². The van der Waals surface area contributed by atoms with E-state index in [1.54, 1.807) is 0 Å². The van der Waals surface area contributed by atoms with Crippen molar-refractivity contribution in [2.75, 3.05) is 0 Å². The Bertz CT molecular complexity index is 195. The Balaban J connectivity index is 4.11. The fourth-order valence-electron chi connectivity index (χ4n) is 0.334. The Morgan fingerprint density at radius 2 is 2.10 bits per heavy atom. The van der Waals surface area contributed by atoms with Crippen molar-refractivity contribution in [1.82, 2.24) is 0 Å². The van der Waals surface area contributed by atoms with Crippen molar-refractivity contribution in [3.8, 4) is 11.8 Å². The molecule has 2 N–H and O–H groups in total. The van der Waals surface area contributed by atoms with E-state index in [1.165, 1.54) is 6.92 Å². The van der Waals surface area contributed by atoms with Crippen molar-refractivity contribution in [2.45, 2.75) is 25.9 Å². The molecule has 1 atom stereocenters. The quantitative estimate of drug-likeness (QED) is 0.446. The fraction of sp³-hybridized carbons (Fsp3) is 0.667. The predicted molar refractivity (Wildman–Crippen MR) is 39.6 cm³/mol. The van der Waals surface area contributed by atoms with E-state index in [9.17, 15) is 4.57 Å². The van der Waals surface area contributed by atoms with Gasteiger partial charge in [0.1, 0.15) is 5.66 Å². The minimum Gasteiger partial charge on any atom is -0.324 e. The second-order valence-electron chi connectivity index (χ2n) is 1.94. The molecule has 0 amide bonds. The molecule has 0 radical (unpaired) electrons. The predicted octanol–water partition coefficient (Wildman–Crippen LogP) is 0.966. The van der Waals surface area contributed by atoms with Gasteiger partial charge in [0.15, 0.2) is 0 Å². The zero-order valence-corrected chi connectivity index (χ0v) is 6.93. The van der Waals surface area contributed by atoms with Crippen molar-refractivity contribution in [3.63, 3.8) is 0 Å². The summed E-state index contributed by atoms with van der Waals surface area (Å²) in [6.45, 7) is 3.25. The molecule has 0 rings (SSSR count). The molecule has 10 heavy (non-hydrogen) atoms. The molecule has 0 saturated heterocycles. The SMILES string of the molecule is CCC#CC(C)P(=O)(O)O. The topological polar surface area (TPSA) is 57.5 Å². The second-order valence-corrected chi connectivity index (χ2v) is 3.89. The summed E-state index contributed by atoms with van der Waals surface area (Å²) >= 11 is 0. The first-order valence-corrected chi connectivity index (χ1v) is 4.70. The van der Waals surface area contributed by atoms with Gasteiger partial charge >= 0.3 is 7.60 Å². The summed E-state index contributed by atoms with van der Waals surface area (Å²) in [6, 6.07) is 0. The summed E-state index contributed by atoms with van der Waals surface area (Å²) in [4.78, 5) is 17.0. The van der Waals surface area contributed by atoms with Crippen molar-refractivity contribution in [2.24, 2.45) is 0 Å². The Morgan fingerprint density at radius 1 is 1.60 bits per heavy atom. The average Bonchev–Trinajstić information content (AvgIpc) is 1.80. The van der Waals surface area contributed by atoms with Crippen molar-refractivity contribution >= 4 is 7.60 Å². The van der Waals surface area contributed by atoms with Crippen LogP contribution in [0.25, 0.3) is 0 Å². The number of hydrogen-bond donors (Lipinski definition) is 2. The van der Waals surface area contributed by atoms with Crippen LogP contribution in [0.4, 0.5) is 0 Å². The Morgan fingerprint density at radius 3 is 2.40 bits per heavy atom. The third kappa shape index (κ3) is 3.68. The lowest BCUT2D eigenvalue weighted by Crippen LogP contribution is -1.98. The summed E-state index contributed by atoms with van der Waals surface area (Å²) in [7, 11) is -3.96. The van der Waals surface area contributed by atoms with Gasteiger partial charge in [0.25, 0.3) is 0 Å². The molecule has 0 spiro atoms. The molecule has 0 aromatic carbocycles. The molecule has 0 aromatic heterocycles. The Kier molecular flexibility index (Phi) is 3.67. The maximum absolute atomic E-state index is 10.4. The first-order valence-electron chi connectivity index (χ1n) is 3.02. The lowest BCUT2D eigenvalue weighted by Gasteiger charge is -2.04. The van der Waals surface area contributed by atoms with Crippen LogP contribution in [0.5, 0.6) is 0 Å². The highest BCUT2D eigenvalue weighted by Crippen LogP contribution is 2.40. The molecule has 0 aliphatic heterocycles. The number of rotatable bonds is 1. The molecule has 4 heteroatoms. The van der Waals surface area contributed by atoms with E-state index >= 15 is 0 Å². The summed E-state index contributed by atoms with van der Waals surface area (Å²) < 4.78 is 10.4. The maximum Gasteiger partial charge on any atom is 0.340 e. The Hall–Kier alpha value is -0.290. The number of hydrogen-bond acceptors (Lipinski definition) is 1. The summed E-state index contributed by atoms with van der Waals surface area (Å²) in [5.41, 5.74) is -0.826. The molecular weight excluding hydrogens is 151 g/mol. The molecule has 0 heterocycles. The fourth-order valence-corrected chi connectivity index (χ4v) is 0.593. The van der Waals surface area contributed by atoms with Gasteiger partial charge in [-0.25, -0.2) is 0 Å². The van der Waals surface area contributed by atoms with E-state index in [0.717, 1.165) is 0 Å². The molecule has 1 unspecified atom stereocenters. The first-order chi connectivity index (χ1) is 4.48. The van der Waals surface area contributed by atoms with Crippen LogP contribution in [-0.2, 0) is 4.57 Å². The van der Waals surface area contributed by atoms with Gasteiger partial charge in [-0.05, 0) is 6.92 Å². The van der Waals surface area contributed by atoms with Gasteiger partial charge in [-0.2, -0.15) is 0 Å². The summed E-state index contributed by atoms with van der Waals surface area (Å²) in [5.74, 6) is 5.07. The standard InChI is InChI=1S/C6H11O3P/c1-3-4-5-6(2)10(7,8)9/h6H,3H2,1-2H3,(H2,7,8,9). The van der Waals surface area contributed by atoms with Crippen molar-refractivity contribution < 1.29 is 14.4 Å². The van der Waals surface area contributed by atoms with Crippen LogP contribution in [-0.4, -0.2) is 15.4 Å². The summed E-state index contributed by atoms with van der Waals surface area (Å²) in [5, 5.41) is 0. The van der Waals surface area contributed by atoms with Crippen molar-refractivity contribution in [1.29, 1.82) is 0 Å². The third-order valence-electron chi connectivity index (χ3n) is 0.992. The normalized spacial score (nSPS) is 13.6. The van der Waals surface area contributed by atoms with Crippen LogP contribution in [0.1, 0.15) is 20.3 Å². The van der Waals surface area contributed by atoms with Crippen LogP contribution < -0.4 is 0 Å². The lowest BCUT2D eigenvalue weighted by atomic mass is 10.4.